The van der Waals surface area contributed by atoms with Gasteiger partial charge in [-0.05, 0) is 73.5 Å². The van der Waals surface area contributed by atoms with Crippen LogP contribution in [-0.2, 0) is 12.8 Å². The zero-order valence-corrected chi connectivity index (χ0v) is 15.5. The Kier molecular flexibility index (Phi) is 3.79. The molecule has 1 N–H and O–H groups in total. The molecule has 6 heteroatoms. The van der Waals surface area contributed by atoms with E-state index in [2.05, 4.69) is 44.5 Å². The van der Waals surface area contributed by atoms with Gasteiger partial charge in [0.25, 0.3) is 0 Å². The third-order valence-electron chi connectivity index (χ3n) is 5.14. The van der Waals surface area contributed by atoms with Crippen LogP contribution in [0.25, 0.3) is 10.2 Å². The smallest absolute Gasteiger partial charge is 0.225 e. The van der Waals surface area contributed by atoms with Gasteiger partial charge in [0.15, 0.2) is 0 Å². The Hall–Kier alpha value is -1.85. The molecule has 2 aliphatic rings. The summed E-state index contributed by atoms with van der Waals surface area (Å²) in [6, 6.07) is 8.63. The van der Waals surface area contributed by atoms with Crippen molar-refractivity contribution >= 4 is 50.3 Å². The van der Waals surface area contributed by atoms with Gasteiger partial charge in [-0.2, -0.15) is 4.98 Å². The van der Waals surface area contributed by atoms with Crippen LogP contribution in [0.1, 0.15) is 29.7 Å². The number of anilines is 3. The molecule has 1 aromatic carbocycles. The van der Waals surface area contributed by atoms with Crippen LogP contribution in [0.15, 0.2) is 24.3 Å². The summed E-state index contributed by atoms with van der Waals surface area (Å²) in [7, 11) is 0. The molecule has 0 unspecified atom stereocenters. The van der Waals surface area contributed by atoms with Gasteiger partial charge in [-0.3, -0.25) is 0 Å². The molecule has 1 aliphatic carbocycles. The van der Waals surface area contributed by atoms with Gasteiger partial charge < -0.3 is 10.2 Å². The van der Waals surface area contributed by atoms with E-state index in [1.165, 1.54) is 35.4 Å². The van der Waals surface area contributed by atoms with E-state index >= 15 is 0 Å². The van der Waals surface area contributed by atoms with Crippen molar-refractivity contribution in [3.63, 3.8) is 0 Å². The van der Waals surface area contributed by atoms with Crippen molar-refractivity contribution < 1.29 is 0 Å². The second-order valence-electron chi connectivity index (χ2n) is 6.74. The number of nitrogens with zero attached hydrogens (tertiary/aromatic N) is 3. The van der Waals surface area contributed by atoms with Crippen molar-refractivity contribution in [1.29, 1.82) is 0 Å². The van der Waals surface area contributed by atoms with E-state index in [-0.39, 0.29) is 0 Å². The Balaban J connectivity index is 1.49. The number of aryl methyl sites for hydroxylation is 2. The number of halogens is 1. The SMILES string of the molecule is Clc1nc(Nc2ccc(N3CCCC3)cc2)c2c3c(sc2n1)CCC3. The number of hydrogen-bond donors (Lipinski definition) is 1. The molecular formula is C19H19ClN4S. The molecule has 5 rings (SSSR count). The predicted octanol–water partition coefficient (Wildman–Crippen LogP) is 5.18. The molecule has 128 valence electrons. The molecule has 0 amide bonds. The van der Waals surface area contributed by atoms with Crippen molar-refractivity contribution in [3.05, 3.63) is 40.0 Å². The summed E-state index contributed by atoms with van der Waals surface area (Å²) in [4.78, 5) is 13.8. The van der Waals surface area contributed by atoms with Crippen molar-refractivity contribution in [1.82, 2.24) is 9.97 Å². The maximum absolute atomic E-state index is 6.16. The number of aromatic nitrogens is 2. The first-order chi connectivity index (χ1) is 12.3. The van der Waals surface area contributed by atoms with E-state index < -0.39 is 0 Å². The van der Waals surface area contributed by atoms with Crippen LogP contribution in [-0.4, -0.2) is 23.1 Å². The zero-order chi connectivity index (χ0) is 16.8. The number of hydrogen-bond acceptors (Lipinski definition) is 5. The van der Waals surface area contributed by atoms with E-state index in [0.29, 0.717) is 5.28 Å². The lowest BCUT2D eigenvalue weighted by Crippen LogP contribution is -2.17. The average molecular weight is 371 g/mol. The molecule has 3 aromatic rings. The number of fused-ring (bicyclic) bond motifs is 3. The summed E-state index contributed by atoms with van der Waals surface area (Å²) >= 11 is 7.92. The van der Waals surface area contributed by atoms with Gasteiger partial charge in [0, 0.05) is 29.3 Å². The summed E-state index contributed by atoms with van der Waals surface area (Å²) in [6.07, 6.45) is 6.08. The molecule has 25 heavy (non-hydrogen) atoms. The van der Waals surface area contributed by atoms with Gasteiger partial charge in [-0.1, -0.05) is 0 Å². The largest absolute Gasteiger partial charge is 0.372 e. The maximum atomic E-state index is 6.16. The second-order valence-corrected chi connectivity index (χ2v) is 8.17. The highest BCUT2D eigenvalue weighted by atomic mass is 35.5. The highest BCUT2D eigenvalue weighted by Gasteiger charge is 2.22. The van der Waals surface area contributed by atoms with Gasteiger partial charge in [0.2, 0.25) is 5.28 Å². The lowest BCUT2D eigenvalue weighted by atomic mass is 10.2. The highest BCUT2D eigenvalue weighted by Crippen LogP contribution is 2.40. The lowest BCUT2D eigenvalue weighted by molar-refractivity contribution is 0.917. The Bertz CT molecular complexity index is 929. The molecule has 0 saturated carbocycles. The number of rotatable bonds is 3. The minimum atomic E-state index is 0.309. The third kappa shape index (κ3) is 2.75. The first kappa shape index (κ1) is 15.4. The number of nitrogens with one attached hydrogen (secondary N) is 1. The molecule has 1 saturated heterocycles. The molecular weight excluding hydrogens is 352 g/mol. The highest BCUT2D eigenvalue weighted by molar-refractivity contribution is 7.19. The summed E-state index contributed by atoms with van der Waals surface area (Å²) in [6.45, 7) is 2.33. The number of thiophene rings is 1. The first-order valence-electron chi connectivity index (χ1n) is 8.88. The lowest BCUT2D eigenvalue weighted by Gasteiger charge is -2.18. The molecule has 0 bridgehead atoms. The van der Waals surface area contributed by atoms with Crippen LogP contribution in [0.3, 0.4) is 0 Å². The van der Waals surface area contributed by atoms with Crippen LogP contribution in [0.4, 0.5) is 17.2 Å². The topological polar surface area (TPSA) is 41.1 Å². The van der Waals surface area contributed by atoms with E-state index in [1.807, 2.05) is 0 Å². The minimum Gasteiger partial charge on any atom is -0.372 e. The van der Waals surface area contributed by atoms with E-state index in [0.717, 1.165) is 47.7 Å². The second kappa shape index (κ2) is 6.15. The van der Waals surface area contributed by atoms with E-state index in [4.69, 9.17) is 11.6 Å². The zero-order valence-electron chi connectivity index (χ0n) is 13.9. The fourth-order valence-corrected chi connectivity index (χ4v) is 5.41. The van der Waals surface area contributed by atoms with Crippen molar-refractivity contribution in [3.8, 4) is 0 Å². The Morgan fingerprint density at radius 3 is 2.60 bits per heavy atom. The van der Waals surface area contributed by atoms with Gasteiger partial charge in [-0.15, -0.1) is 11.3 Å². The molecule has 1 aliphatic heterocycles. The summed E-state index contributed by atoms with van der Waals surface area (Å²) in [5.74, 6) is 0.836. The summed E-state index contributed by atoms with van der Waals surface area (Å²) in [5.41, 5.74) is 3.75. The normalized spacial score (nSPS) is 16.6. The fraction of sp³-hybridized carbons (Fsp3) is 0.368. The Morgan fingerprint density at radius 1 is 1.00 bits per heavy atom. The van der Waals surface area contributed by atoms with Crippen molar-refractivity contribution in [2.24, 2.45) is 0 Å². The molecule has 4 nitrogen and oxygen atoms in total. The monoisotopic (exact) mass is 370 g/mol. The predicted molar refractivity (Wildman–Crippen MR) is 106 cm³/mol. The Morgan fingerprint density at radius 2 is 1.80 bits per heavy atom. The van der Waals surface area contributed by atoms with Crippen LogP contribution in [0.5, 0.6) is 0 Å². The summed E-state index contributed by atoms with van der Waals surface area (Å²) in [5, 5.41) is 4.94. The molecule has 1 fully saturated rings. The van der Waals surface area contributed by atoms with Gasteiger partial charge in [0.05, 0.1) is 5.39 Å². The molecule has 0 radical (unpaired) electrons. The fourth-order valence-electron chi connectivity index (χ4n) is 3.93. The quantitative estimate of drug-likeness (QED) is 0.645. The van der Waals surface area contributed by atoms with Crippen LogP contribution < -0.4 is 10.2 Å². The molecule has 2 aromatic heterocycles. The van der Waals surface area contributed by atoms with Gasteiger partial charge >= 0.3 is 0 Å². The number of benzene rings is 1. The Labute approximate surface area is 155 Å². The van der Waals surface area contributed by atoms with Crippen LogP contribution in [0, 0.1) is 0 Å². The third-order valence-corrected chi connectivity index (χ3v) is 6.49. The van der Waals surface area contributed by atoms with Crippen molar-refractivity contribution in [2.45, 2.75) is 32.1 Å². The van der Waals surface area contributed by atoms with Crippen LogP contribution in [0.2, 0.25) is 5.28 Å². The molecule has 0 atom stereocenters. The minimum absolute atomic E-state index is 0.309. The summed E-state index contributed by atoms with van der Waals surface area (Å²) < 4.78 is 0. The van der Waals surface area contributed by atoms with Gasteiger partial charge in [-0.25, -0.2) is 4.98 Å². The van der Waals surface area contributed by atoms with E-state index in [1.54, 1.807) is 11.3 Å². The average Bonchev–Trinajstić information content (AvgIpc) is 3.32. The van der Waals surface area contributed by atoms with E-state index in [9.17, 15) is 0 Å². The standard InChI is InChI=1S/C19H19ClN4S/c20-19-22-17(16-14-4-3-5-15(14)25-18(16)23-19)21-12-6-8-13(9-7-12)24-10-1-2-11-24/h6-9H,1-5,10-11H2,(H,21,22,23). The maximum Gasteiger partial charge on any atom is 0.225 e. The van der Waals surface area contributed by atoms with Gasteiger partial charge in [0.1, 0.15) is 10.6 Å². The molecule has 3 heterocycles. The first-order valence-corrected chi connectivity index (χ1v) is 10.1. The van der Waals surface area contributed by atoms with Crippen LogP contribution >= 0.6 is 22.9 Å². The van der Waals surface area contributed by atoms with Crippen molar-refractivity contribution in [2.75, 3.05) is 23.3 Å². The molecule has 0 spiro atoms.